The number of carbonyl (C=O) groups excluding carboxylic acids is 2. The van der Waals surface area contributed by atoms with Crippen molar-refractivity contribution in [3.63, 3.8) is 0 Å². The normalized spacial score (nSPS) is 24.7. The van der Waals surface area contributed by atoms with Crippen molar-refractivity contribution in [1.82, 2.24) is 14.2 Å². The average Bonchev–Trinajstić information content (AvgIpc) is 3.17. The maximum absolute atomic E-state index is 12.8. The summed E-state index contributed by atoms with van der Waals surface area (Å²) >= 11 is 0. The van der Waals surface area contributed by atoms with Crippen LogP contribution in [0.15, 0.2) is 24.4 Å². The van der Waals surface area contributed by atoms with Crippen molar-refractivity contribution in [3.8, 4) is 0 Å². The first kappa shape index (κ1) is 18.9. The second-order valence-electron chi connectivity index (χ2n) is 6.82. The zero-order valence-corrected chi connectivity index (χ0v) is 15.6. The SMILES string of the molecule is CCCC(N)C(=O)N1CCC2C1C(=O)CN2S(=O)(=O)Cc1ccccn1. The molecule has 0 radical (unpaired) electrons. The van der Waals surface area contributed by atoms with Gasteiger partial charge in [-0.2, -0.15) is 4.31 Å². The number of hydrogen-bond donors (Lipinski definition) is 1. The summed E-state index contributed by atoms with van der Waals surface area (Å²) in [5.74, 6) is -0.765. The van der Waals surface area contributed by atoms with Gasteiger partial charge >= 0.3 is 0 Å². The lowest BCUT2D eigenvalue weighted by molar-refractivity contribution is -0.137. The lowest BCUT2D eigenvalue weighted by Crippen LogP contribution is -2.49. The van der Waals surface area contributed by atoms with Crippen molar-refractivity contribution in [1.29, 1.82) is 0 Å². The monoisotopic (exact) mass is 380 g/mol. The van der Waals surface area contributed by atoms with Gasteiger partial charge in [0, 0.05) is 12.7 Å². The predicted octanol–water partition coefficient (Wildman–Crippen LogP) is -0.107. The molecule has 1 aromatic rings. The molecule has 26 heavy (non-hydrogen) atoms. The number of nitrogens with two attached hydrogens (primary N) is 1. The topological polar surface area (TPSA) is 114 Å². The predicted molar refractivity (Wildman–Crippen MR) is 95.4 cm³/mol. The summed E-state index contributed by atoms with van der Waals surface area (Å²) in [6, 6.07) is 3.21. The van der Waals surface area contributed by atoms with Gasteiger partial charge in [0.05, 0.1) is 24.3 Å². The van der Waals surface area contributed by atoms with E-state index >= 15 is 0 Å². The van der Waals surface area contributed by atoms with E-state index in [4.69, 9.17) is 5.73 Å². The Kier molecular flexibility index (Phi) is 5.40. The molecule has 0 spiro atoms. The van der Waals surface area contributed by atoms with E-state index in [9.17, 15) is 18.0 Å². The van der Waals surface area contributed by atoms with Crippen LogP contribution >= 0.6 is 0 Å². The number of aromatic nitrogens is 1. The summed E-state index contributed by atoms with van der Waals surface area (Å²) in [5, 5.41) is 0. The summed E-state index contributed by atoms with van der Waals surface area (Å²) in [7, 11) is -3.70. The van der Waals surface area contributed by atoms with E-state index in [-0.39, 0.29) is 24.0 Å². The summed E-state index contributed by atoms with van der Waals surface area (Å²) in [4.78, 5) is 30.6. The fraction of sp³-hybridized carbons (Fsp3) is 0.588. The molecule has 8 nitrogen and oxygen atoms in total. The molecule has 2 aliphatic rings. The van der Waals surface area contributed by atoms with Crippen LogP contribution in [0.25, 0.3) is 0 Å². The molecule has 2 N–H and O–H groups in total. The molecular formula is C17H24N4O4S. The number of carbonyl (C=O) groups is 2. The number of fused-ring (bicyclic) bond motifs is 1. The van der Waals surface area contributed by atoms with E-state index in [1.807, 2.05) is 6.92 Å². The van der Waals surface area contributed by atoms with E-state index in [1.165, 1.54) is 15.4 Å². The van der Waals surface area contributed by atoms with Gasteiger partial charge in [-0.05, 0) is 25.0 Å². The Morgan fingerprint density at radius 3 is 2.85 bits per heavy atom. The second-order valence-corrected chi connectivity index (χ2v) is 8.74. The molecule has 2 saturated heterocycles. The Morgan fingerprint density at radius 2 is 2.19 bits per heavy atom. The van der Waals surface area contributed by atoms with Gasteiger partial charge < -0.3 is 10.6 Å². The highest BCUT2D eigenvalue weighted by molar-refractivity contribution is 7.88. The van der Waals surface area contributed by atoms with E-state index in [2.05, 4.69) is 4.98 Å². The fourth-order valence-corrected chi connectivity index (χ4v) is 5.45. The van der Waals surface area contributed by atoms with Crippen LogP contribution in [0.4, 0.5) is 0 Å². The third-order valence-corrected chi connectivity index (χ3v) is 6.77. The molecule has 9 heteroatoms. The minimum absolute atomic E-state index is 0.197. The lowest BCUT2D eigenvalue weighted by Gasteiger charge is -2.26. The van der Waals surface area contributed by atoms with Crippen molar-refractivity contribution < 1.29 is 18.0 Å². The van der Waals surface area contributed by atoms with Crippen LogP contribution in [0, 0.1) is 0 Å². The molecule has 1 aromatic heterocycles. The second kappa shape index (κ2) is 7.42. The van der Waals surface area contributed by atoms with E-state index in [1.54, 1.807) is 18.2 Å². The van der Waals surface area contributed by atoms with Crippen LogP contribution < -0.4 is 5.73 Å². The van der Waals surface area contributed by atoms with Gasteiger partial charge in [-0.15, -0.1) is 0 Å². The molecule has 0 aromatic carbocycles. The summed E-state index contributed by atoms with van der Waals surface area (Å²) in [5.41, 5.74) is 6.35. The number of Topliss-reactive ketones (excluding diaryl/α,β-unsaturated/α-hetero) is 1. The maximum atomic E-state index is 12.8. The molecule has 3 heterocycles. The van der Waals surface area contributed by atoms with E-state index in [0.29, 0.717) is 25.1 Å². The fourth-order valence-electron chi connectivity index (χ4n) is 3.78. The molecule has 0 saturated carbocycles. The van der Waals surface area contributed by atoms with Crippen LogP contribution in [0.5, 0.6) is 0 Å². The van der Waals surface area contributed by atoms with Gasteiger partial charge in [0.25, 0.3) is 0 Å². The number of rotatable bonds is 6. The van der Waals surface area contributed by atoms with E-state index in [0.717, 1.165) is 6.42 Å². The van der Waals surface area contributed by atoms with Crippen LogP contribution in [0.2, 0.25) is 0 Å². The first-order valence-electron chi connectivity index (χ1n) is 8.83. The number of sulfonamides is 1. The quantitative estimate of drug-likeness (QED) is 0.737. The number of likely N-dealkylation sites (tertiary alicyclic amines) is 1. The van der Waals surface area contributed by atoms with Gasteiger partial charge in [0.15, 0.2) is 5.78 Å². The van der Waals surface area contributed by atoms with E-state index < -0.39 is 28.1 Å². The highest BCUT2D eigenvalue weighted by Crippen LogP contribution is 2.33. The zero-order valence-electron chi connectivity index (χ0n) is 14.7. The van der Waals surface area contributed by atoms with Gasteiger partial charge in [-0.25, -0.2) is 8.42 Å². The third-order valence-electron chi connectivity index (χ3n) is 4.99. The highest BCUT2D eigenvalue weighted by Gasteiger charge is 2.53. The molecule has 2 fully saturated rings. The molecule has 0 bridgehead atoms. The minimum atomic E-state index is -3.70. The molecule has 0 aliphatic carbocycles. The van der Waals surface area contributed by atoms with Gasteiger partial charge in [-0.1, -0.05) is 19.4 Å². The summed E-state index contributed by atoms with van der Waals surface area (Å²) in [6.07, 6.45) is 3.30. The first-order valence-corrected chi connectivity index (χ1v) is 10.4. The molecule has 3 unspecified atom stereocenters. The molecule has 3 rings (SSSR count). The lowest BCUT2D eigenvalue weighted by atomic mass is 10.1. The summed E-state index contributed by atoms with van der Waals surface area (Å²) in [6.45, 7) is 2.09. The van der Waals surface area contributed by atoms with Crippen molar-refractivity contribution in [2.75, 3.05) is 13.1 Å². The molecule has 2 aliphatic heterocycles. The third kappa shape index (κ3) is 3.51. The Labute approximate surface area is 153 Å². The standard InChI is InChI=1S/C17H24N4O4S/c1-2-5-13(18)17(23)20-9-7-14-16(20)15(22)10-21(14)26(24,25)11-12-6-3-4-8-19-12/h3-4,6,8,13-14,16H,2,5,7,9-11,18H2,1H3. The Morgan fingerprint density at radius 1 is 1.42 bits per heavy atom. The number of amides is 1. The smallest absolute Gasteiger partial charge is 0.240 e. The van der Waals surface area contributed by atoms with Crippen LogP contribution in [-0.4, -0.2) is 65.5 Å². The Bertz CT molecular complexity index is 783. The van der Waals surface area contributed by atoms with Crippen LogP contribution in [0.3, 0.4) is 0 Å². The van der Waals surface area contributed by atoms with Crippen LogP contribution in [-0.2, 0) is 25.4 Å². The highest BCUT2D eigenvalue weighted by atomic mass is 32.2. The molecular weight excluding hydrogens is 356 g/mol. The van der Waals surface area contributed by atoms with Crippen LogP contribution in [0.1, 0.15) is 31.9 Å². The maximum Gasteiger partial charge on any atom is 0.240 e. The number of hydrogen-bond acceptors (Lipinski definition) is 6. The first-order chi connectivity index (χ1) is 12.3. The molecule has 3 atom stereocenters. The number of pyridine rings is 1. The average molecular weight is 380 g/mol. The Balaban J connectivity index is 1.77. The minimum Gasteiger partial charge on any atom is -0.330 e. The van der Waals surface area contributed by atoms with Gasteiger partial charge in [0.2, 0.25) is 15.9 Å². The largest absolute Gasteiger partial charge is 0.330 e. The molecule has 142 valence electrons. The van der Waals surface area contributed by atoms with Gasteiger partial charge in [0.1, 0.15) is 11.8 Å². The summed E-state index contributed by atoms with van der Waals surface area (Å²) < 4.78 is 26.9. The zero-order chi connectivity index (χ0) is 18.9. The number of ketones is 1. The van der Waals surface area contributed by atoms with Crippen molar-refractivity contribution >= 4 is 21.7 Å². The van der Waals surface area contributed by atoms with Gasteiger partial charge in [-0.3, -0.25) is 14.6 Å². The van der Waals surface area contributed by atoms with Crippen molar-refractivity contribution in [2.45, 2.75) is 50.1 Å². The Hall–Kier alpha value is -1.84. The van der Waals surface area contributed by atoms with Crippen molar-refractivity contribution in [2.24, 2.45) is 5.73 Å². The molecule has 1 amide bonds. The number of nitrogens with zero attached hydrogens (tertiary/aromatic N) is 3. The van der Waals surface area contributed by atoms with Crippen molar-refractivity contribution in [3.05, 3.63) is 30.1 Å².